The summed E-state index contributed by atoms with van der Waals surface area (Å²) in [6.07, 6.45) is -0.00878. The van der Waals surface area contributed by atoms with Crippen molar-refractivity contribution in [3.8, 4) is 0 Å². The van der Waals surface area contributed by atoms with Crippen molar-refractivity contribution in [2.24, 2.45) is 7.05 Å². The molecule has 0 bridgehead atoms. The van der Waals surface area contributed by atoms with Gasteiger partial charge in [-0.15, -0.1) is 21.5 Å². The Morgan fingerprint density at radius 2 is 1.97 bits per heavy atom. The summed E-state index contributed by atoms with van der Waals surface area (Å²) < 4.78 is 1.69. The molecule has 2 amide bonds. The first-order valence-electron chi connectivity index (χ1n) is 9.19. The number of halogens is 2. The molecule has 0 saturated carbocycles. The summed E-state index contributed by atoms with van der Waals surface area (Å²) in [6, 6.07) is 5.00. The Hall–Kier alpha value is -2.14. The van der Waals surface area contributed by atoms with E-state index in [-0.39, 0.29) is 23.3 Å². The molecule has 31 heavy (non-hydrogen) atoms. The summed E-state index contributed by atoms with van der Waals surface area (Å²) in [5.41, 5.74) is 1.32. The Kier molecular flexibility index (Phi) is 7.58. The first-order chi connectivity index (χ1) is 14.7. The number of nitrogens with one attached hydrogen (secondary N) is 2. The van der Waals surface area contributed by atoms with E-state index in [4.69, 9.17) is 23.2 Å². The standard InChI is InChI=1S/C19H20Cl2N6O2S2/c1-9-10(2)30-18(22-9)24-17(29)11(3)31-19-26-25-14(27(19)4)8-15(28)23-13-7-5-6-12(20)16(13)21/h5-7,11H,8H2,1-4H3,(H,23,28)(H,22,24,29)/t11-/m0/s1. The van der Waals surface area contributed by atoms with E-state index in [9.17, 15) is 9.59 Å². The van der Waals surface area contributed by atoms with Gasteiger partial charge < -0.3 is 15.2 Å². The molecule has 2 heterocycles. The minimum absolute atomic E-state index is 0.00878. The zero-order chi connectivity index (χ0) is 22.7. The Bertz CT molecular complexity index is 1110. The number of benzene rings is 1. The van der Waals surface area contributed by atoms with Crippen molar-refractivity contribution in [2.45, 2.75) is 37.6 Å². The van der Waals surface area contributed by atoms with Crippen LogP contribution in [0.2, 0.25) is 10.0 Å². The summed E-state index contributed by atoms with van der Waals surface area (Å²) >= 11 is 14.8. The Balaban J connectivity index is 1.60. The van der Waals surface area contributed by atoms with Crippen molar-refractivity contribution in [3.05, 3.63) is 44.6 Å². The number of carbonyl (C=O) groups is 2. The summed E-state index contributed by atoms with van der Waals surface area (Å²) in [6.45, 7) is 5.63. The number of aryl methyl sites for hydroxylation is 2. The lowest BCUT2D eigenvalue weighted by molar-refractivity contribution is -0.116. The van der Waals surface area contributed by atoms with Crippen molar-refractivity contribution in [3.63, 3.8) is 0 Å². The van der Waals surface area contributed by atoms with Gasteiger partial charge in [0.25, 0.3) is 0 Å². The van der Waals surface area contributed by atoms with Crippen LogP contribution in [-0.2, 0) is 23.1 Å². The molecular weight excluding hydrogens is 479 g/mol. The van der Waals surface area contributed by atoms with E-state index in [1.54, 1.807) is 36.7 Å². The number of hydrogen-bond donors (Lipinski definition) is 2. The molecule has 1 atom stereocenters. The number of amides is 2. The monoisotopic (exact) mass is 498 g/mol. The minimum atomic E-state index is -0.431. The van der Waals surface area contributed by atoms with Crippen molar-refractivity contribution < 1.29 is 9.59 Å². The molecule has 0 fully saturated rings. The molecule has 0 aliphatic rings. The SMILES string of the molecule is Cc1nc(NC(=O)[C@H](C)Sc2nnc(CC(=O)Nc3cccc(Cl)c3Cl)n2C)sc1C. The third-order valence-electron chi connectivity index (χ3n) is 4.38. The maximum absolute atomic E-state index is 12.5. The Morgan fingerprint density at radius 1 is 1.23 bits per heavy atom. The van der Waals surface area contributed by atoms with Gasteiger partial charge in [0.1, 0.15) is 5.82 Å². The summed E-state index contributed by atoms with van der Waals surface area (Å²) in [5.74, 6) is -0.0370. The lowest BCUT2D eigenvalue weighted by Gasteiger charge is -2.10. The zero-order valence-electron chi connectivity index (χ0n) is 17.2. The fourth-order valence-corrected chi connectivity index (χ4v) is 4.48. The molecule has 12 heteroatoms. The molecule has 3 rings (SSSR count). The molecule has 0 aliphatic carbocycles. The lowest BCUT2D eigenvalue weighted by Crippen LogP contribution is -2.23. The smallest absolute Gasteiger partial charge is 0.239 e. The molecule has 2 N–H and O–H groups in total. The van der Waals surface area contributed by atoms with Gasteiger partial charge >= 0.3 is 0 Å². The molecule has 0 spiro atoms. The van der Waals surface area contributed by atoms with E-state index < -0.39 is 5.25 Å². The van der Waals surface area contributed by atoms with Gasteiger partial charge in [-0.05, 0) is 32.9 Å². The predicted octanol–water partition coefficient (Wildman–Crippen LogP) is 4.50. The molecule has 0 unspecified atom stereocenters. The van der Waals surface area contributed by atoms with E-state index in [1.165, 1.54) is 23.1 Å². The highest BCUT2D eigenvalue weighted by atomic mass is 35.5. The van der Waals surface area contributed by atoms with Crippen LogP contribution in [0.3, 0.4) is 0 Å². The number of nitrogens with zero attached hydrogens (tertiary/aromatic N) is 4. The number of thiazole rings is 1. The number of rotatable bonds is 7. The second kappa shape index (κ2) is 9.99. The first-order valence-corrected chi connectivity index (χ1v) is 11.6. The van der Waals surface area contributed by atoms with E-state index in [2.05, 4.69) is 25.8 Å². The van der Waals surface area contributed by atoms with Crippen molar-refractivity contribution in [2.75, 3.05) is 10.6 Å². The van der Waals surface area contributed by atoms with Crippen LogP contribution in [0.25, 0.3) is 0 Å². The van der Waals surface area contributed by atoms with Crippen LogP contribution in [0, 0.1) is 13.8 Å². The number of anilines is 2. The topological polar surface area (TPSA) is 102 Å². The maximum atomic E-state index is 12.5. The van der Waals surface area contributed by atoms with Gasteiger partial charge in [0.2, 0.25) is 11.8 Å². The molecular formula is C19H20Cl2N6O2S2. The van der Waals surface area contributed by atoms with Crippen molar-refractivity contribution >= 4 is 68.9 Å². The number of hydrogen-bond acceptors (Lipinski definition) is 7. The first kappa shape index (κ1) is 23.5. The van der Waals surface area contributed by atoms with Crippen molar-refractivity contribution in [1.29, 1.82) is 0 Å². The fraction of sp³-hybridized carbons (Fsp3) is 0.316. The number of carbonyl (C=O) groups excluding carboxylic acids is 2. The van der Waals surface area contributed by atoms with Gasteiger partial charge in [-0.3, -0.25) is 9.59 Å². The average Bonchev–Trinajstić information content (AvgIpc) is 3.20. The van der Waals surface area contributed by atoms with Crippen LogP contribution in [0.4, 0.5) is 10.8 Å². The number of thioether (sulfide) groups is 1. The fourth-order valence-electron chi connectivity index (χ4n) is 2.48. The quantitative estimate of drug-likeness (QED) is 0.465. The van der Waals surface area contributed by atoms with Gasteiger partial charge in [-0.25, -0.2) is 4.98 Å². The maximum Gasteiger partial charge on any atom is 0.239 e. The molecule has 1 aromatic carbocycles. The Labute approximate surface area is 197 Å². The normalized spacial score (nSPS) is 11.9. The van der Waals surface area contributed by atoms with Gasteiger partial charge in [0.15, 0.2) is 10.3 Å². The second-order valence-electron chi connectivity index (χ2n) is 6.69. The van der Waals surface area contributed by atoms with Crippen LogP contribution < -0.4 is 10.6 Å². The van der Waals surface area contributed by atoms with Crippen LogP contribution in [0.5, 0.6) is 0 Å². The largest absolute Gasteiger partial charge is 0.324 e. The van der Waals surface area contributed by atoms with Gasteiger partial charge in [0, 0.05) is 11.9 Å². The molecule has 164 valence electrons. The zero-order valence-corrected chi connectivity index (χ0v) is 20.3. The van der Waals surface area contributed by atoms with E-state index >= 15 is 0 Å². The van der Waals surface area contributed by atoms with Crippen LogP contribution in [0.1, 0.15) is 23.3 Å². The molecule has 0 aliphatic heterocycles. The van der Waals surface area contributed by atoms with Gasteiger partial charge in [-0.1, -0.05) is 41.0 Å². The van der Waals surface area contributed by atoms with E-state index in [0.717, 1.165) is 10.6 Å². The molecule has 0 radical (unpaired) electrons. The van der Waals surface area contributed by atoms with Crippen LogP contribution >= 0.6 is 46.3 Å². The molecule has 3 aromatic rings. The third-order valence-corrected chi connectivity index (χ3v) is 7.32. The summed E-state index contributed by atoms with van der Waals surface area (Å²) in [7, 11) is 1.75. The van der Waals surface area contributed by atoms with Crippen LogP contribution in [-0.4, -0.2) is 36.8 Å². The van der Waals surface area contributed by atoms with Crippen molar-refractivity contribution in [1.82, 2.24) is 19.7 Å². The Morgan fingerprint density at radius 3 is 2.65 bits per heavy atom. The minimum Gasteiger partial charge on any atom is -0.324 e. The average molecular weight is 499 g/mol. The summed E-state index contributed by atoms with van der Waals surface area (Å²) in [5, 5.41) is 15.0. The molecule has 0 saturated heterocycles. The van der Waals surface area contributed by atoms with E-state index in [1.807, 2.05) is 13.8 Å². The van der Waals surface area contributed by atoms with Gasteiger partial charge in [0.05, 0.1) is 33.1 Å². The van der Waals surface area contributed by atoms with Crippen LogP contribution in [0.15, 0.2) is 23.4 Å². The molecule has 2 aromatic heterocycles. The third kappa shape index (κ3) is 5.76. The highest BCUT2D eigenvalue weighted by Crippen LogP contribution is 2.30. The lowest BCUT2D eigenvalue weighted by atomic mass is 10.3. The second-order valence-corrected chi connectivity index (χ2v) is 9.99. The van der Waals surface area contributed by atoms with E-state index in [0.29, 0.717) is 26.8 Å². The molecule has 8 nitrogen and oxygen atoms in total. The summed E-state index contributed by atoms with van der Waals surface area (Å²) in [4.78, 5) is 30.3. The van der Waals surface area contributed by atoms with Gasteiger partial charge in [-0.2, -0.15) is 0 Å². The highest BCUT2D eigenvalue weighted by molar-refractivity contribution is 8.00. The predicted molar refractivity (Wildman–Crippen MR) is 125 cm³/mol. The highest BCUT2D eigenvalue weighted by Gasteiger charge is 2.21. The number of aromatic nitrogens is 4.